The molecule has 0 spiro atoms. The van der Waals surface area contributed by atoms with Crippen molar-refractivity contribution >= 4 is 5.91 Å². The van der Waals surface area contributed by atoms with Gasteiger partial charge in [-0.2, -0.15) is 0 Å². The van der Waals surface area contributed by atoms with Crippen LogP contribution in [0, 0.1) is 5.92 Å². The predicted molar refractivity (Wildman–Crippen MR) is 95.9 cm³/mol. The fourth-order valence-electron chi connectivity index (χ4n) is 3.81. The summed E-state index contributed by atoms with van der Waals surface area (Å²) >= 11 is 0. The van der Waals surface area contributed by atoms with Gasteiger partial charge in [0.15, 0.2) is 0 Å². The summed E-state index contributed by atoms with van der Waals surface area (Å²) in [7, 11) is 0. The molecule has 1 unspecified atom stereocenters. The van der Waals surface area contributed by atoms with Gasteiger partial charge in [-0.1, -0.05) is 18.2 Å². The number of benzene rings is 1. The number of fused-ring (bicyclic) bond motifs is 1. The zero-order chi connectivity index (χ0) is 17.4. The molecule has 132 valence electrons. The minimum atomic E-state index is 0.129. The molecule has 5 heteroatoms. The lowest BCUT2D eigenvalue weighted by atomic mass is 10.1. The van der Waals surface area contributed by atoms with Crippen LogP contribution in [0.4, 0.5) is 0 Å². The molecule has 1 saturated heterocycles. The molecule has 1 aromatic heterocycles. The number of amides is 1. The van der Waals surface area contributed by atoms with E-state index in [1.165, 1.54) is 0 Å². The summed E-state index contributed by atoms with van der Waals surface area (Å²) in [6, 6.07) is 10.5. The summed E-state index contributed by atoms with van der Waals surface area (Å²) in [5.74, 6) is 1.99. The van der Waals surface area contributed by atoms with Gasteiger partial charge in [0, 0.05) is 31.1 Å². The van der Waals surface area contributed by atoms with E-state index in [0.717, 1.165) is 49.5 Å². The Labute approximate surface area is 148 Å². The molecular weight excluding hydrogens is 314 g/mol. The number of rotatable bonds is 3. The van der Waals surface area contributed by atoms with Crippen LogP contribution in [0.3, 0.4) is 0 Å². The van der Waals surface area contributed by atoms with Crippen molar-refractivity contribution in [1.29, 1.82) is 0 Å². The Morgan fingerprint density at radius 1 is 1.24 bits per heavy atom. The van der Waals surface area contributed by atoms with E-state index >= 15 is 0 Å². The SMILES string of the molecule is CC(C)N1CCC(C(=O)N2CCc3oc(-c4ccccc4)nc3C2)C1. The molecule has 2 aromatic rings. The van der Waals surface area contributed by atoms with Gasteiger partial charge in [-0.05, 0) is 38.9 Å². The summed E-state index contributed by atoms with van der Waals surface area (Å²) in [6.45, 7) is 7.60. The van der Waals surface area contributed by atoms with E-state index in [1.807, 2.05) is 35.2 Å². The maximum atomic E-state index is 12.9. The summed E-state index contributed by atoms with van der Waals surface area (Å²) < 4.78 is 5.94. The van der Waals surface area contributed by atoms with E-state index in [2.05, 4.69) is 23.7 Å². The molecule has 0 bridgehead atoms. The third-order valence-electron chi connectivity index (χ3n) is 5.36. The molecular formula is C20H25N3O2. The third-order valence-corrected chi connectivity index (χ3v) is 5.36. The molecule has 1 aromatic carbocycles. The molecule has 1 amide bonds. The van der Waals surface area contributed by atoms with Gasteiger partial charge in [-0.25, -0.2) is 4.98 Å². The van der Waals surface area contributed by atoms with Gasteiger partial charge >= 0.3 is 0 Å². The monoisotopic (exact) mass is 339 g/mol. The van der Waals surface area contributed by atoms with Crippen molar-refractivity contribution in [2.24, 2.45) is 5.92 Å². The van der Waals surface area contributed by atoms with E-state index in [9.17, 15) is 4.79 Å². The van der Waals surface area contributed by atoms with Gasteiger partial charge in [0.1, 0.15) is 11.5 Å². The predicted octanol–water partition coefficient (Wildman–Crippen LogP) is 2.96. The Hall–Kier alpha value is -2.14. The van der Waals surface area contributed by atoms with Crippen LogP contribution in [-0.2, 0) is 17.8 Å². The topological polar surface area (TPSA) is 49.6 Å². The normalized spacial score (nSPS) is 20.9. The zero-order valence-corrected chi connectivity index (χ0v) is 14.9. The number of oxazole rings is 1. The van der Waals surface area contributed by atoms with Crippen molar-refractivity contribution in [3.63, 3.8) is 0 Å². The molecule has 2 aliphatic heterocycles. The average molecular weight is 339 g/mol. The third kappa shape index (κ3) is 3.21. The van der Waals surface area contributed by atoms with Crippen molar-refractivity contribution in [1.82, 2.24) is 14.8 Å². The second-order valence-electron chi connectivity index (χ2n) is 7.34. The fraction of sp³-hybridized carbons (Fsp3) is 0.500. The van der Waals surface area contributed by atoms with Crippen LogP contribution in [0.5, 0.6) is 0 Å². The van der Waals surface area contributed by atoms with Gasteiger partial charge in [0.05, 0.1) is 12.5 Å². The van der Waals surface area contributed by atoms with Crippen molar-refractivity contribution in [3.8, 4) is 11.5 Å². The molecule has 25 heavy (non-hydrogen) atoms. The number of likely N-dealkylation sites (tertiary alicyclic amines) is 1. The smallest absolute Gasteiger partial charge is 0.227 e. The van der Waals surface area contributed by atoms with Crippen LogP contribution in [-0.4, -0.2) is 46.4 Å². The number of hydrogen-bond acceptors (Lipinski definition) is 4. The van der Waals surface area contributed by atoms with Gasteiger partial charge in [-0.3, -0.25) is 4.79 Å². The Kier molecular flexibility index (Phi) is 4.34. The number of aromatic nitrogens is 1. The van der Waals surface area contributed by atoms with E-state index in [1.54, 1.807) is 0 Å². The maximum absolute atomic E-state index is 12.9. The molecule has 3 heterocycles. The Balaban J connectivity index is 1.46. The summed E-state index contributed by atoms with van der Waals surface area (Å²) in [5, 5.41) is 0. The fourth-order valence-corrected chi connectivity index (χ4v) is 3.81. The minimum absolute atomic E-state index is 0.129. The first kappa shape index (κ1) is 16.3. The van der Waals surface area contributed by atoms with Gasteiger partial charge < -0.3 is 14.2 Å². The lowest BCUT2D eigenvalue weighted by Gasteiger charge is -2.28. The van der Waals surface area contributed by atoms with Crippen molar-refractivity contribution < 1.29 is 9.21 Å². The van der Waals surface area contributed by atoms with Crippen LogP contribution >= 0.6 is 0 Å². The molecule has 0 aliphatic carbocycles. The highest BCUT2D eigenvalue weighted by molar-refractivity contribution is 5.79. The Morgan fingerprint density at radius 2 is 2.04 bits per heavy atom. The maximum Gasteiger partial charge on any atom is 0.227 e. The summed E-state index contributed by atoms with van der Waals surface area (Å²) in [6.07, 6.45) is 1.72. The highest BCUT2D eigenvalue weighted by atomic mass is 16.4. The lowest BCUT2D eigenvalue weighted by Crippen LogP contribution is -2.41. The zero-order valence-electron chi connectivity index (χ0n) is 14.9. The van der Waals surface area contributed by atoms with E-state index in [0.29, 0.717) is 18.5 Å². The van der Waals surface area contributed by atoms with Gasteiger partial charge in [0.25, 0.3) is 0 Å². The van der Waals surface area contributed by atoms with Crippen LogP contribution < -0.4 is 0 Å². The number of carbonyl (C=O) groups excluding carboxylic acids is 1. The second kappa shape index (κ2) is 6.64. The van der Waals surface area contributed by atoms with Gasteiger partial charge in [-0.15, -0.1) is 0 Å². The molecule has 5 nitrogen and oxygen atoms in total. The standard InChI is InChI=1S/C20H25N3O2/c1-14(2)22-10-8-16(12-22)20(24)23-11-9-18-17(13-23)21-19(25-18)15-6-4-3-5-7-15/h3-7,14,16H,8-13H2,1-2H3. The molecule has 2 aliphatic rings. The van der Waals surface area contributed by atoms with E-state index in [-0.39, 0.29) is 11.8 Å². The Bertz CT molecular complexity index is 754. The average Bonchev–Trinajstić information content (AvgIpc) is 3.28. The first-order chi connectivity index (χ1) is 12.1. The summed E-state index contributed by atoms with van der Waals surface area (Å²) in [4.78, 5) is 21.9. The van der Waals surface area contributed by atoms with E-state index < -0.39 is 0 Å². The first-order valence-corrected chi connectivity index (χ1v) is 9.18. The molecule has 0 N–H and O–H groups in total. The van der Waals surface area contributed by atoms with Crippen LogP contribution in [0.2, 0.25) is 0 Å². The highest BCUT2D eigenvalue weighted by Gasteiger charge is 2.34. The number of nitrogens with zero attached hydrogens (tertiary/aromatic N) is 3. The second-order valence-corrected chi connectivity index (χ2v) is 7.34. The molecule has 4 rings (SSSR count). The minimum Gasteiger partial charge on any atom is -0.441 e. The van der Waals surface area contributed by atoms with Crippen LogP contribution in [0.15, 0.2) is 34.7 Å². The molecule has 0 radical (unpaired) electrons. The quantitative estimate of drug-likeness (QED) is 0.863. The van der Waals surface area contributed by atoms with Crippen LogP contribution in [0.1, 0.15) is 31.7 Å². The number of carbonyl (C=O) groups is 1. The Morgan fingerprint density at radius 3 is 2.76 bits per heavy atom. The van der Waals surface area contributed by atoms with E-state index in [4.69, 9.17) is 4.42 Å². The van der Waals surface area contributed by atoms with Crippen molar-refractivity contribution in [2.45, 2.75) is 39.3 Å². The lowest BCUT2D eigenvalue weighted by molar-refractivity contribution is -0.136. The van der Waals surface area contributed by atoms with Crippen LogP contribution in [0.25, 0.3) is 11.5 Å². The van der Waals surface area contributed by atoms with Gasteiger partial charge in [0.2, 0.25) is 11.8 Å². The molecule has 1 atom stereocenters. The van der Waals surface area contributed by atoms with Crippen molar-refractivity contribution in [2.75, 3.05) is 19.6 Å². The first-order valence-electron chi connectivity index (χ1n) is 9.18. The molecule has 1 fully saturated rings. The molecule has 0 saturated carbocycles. The summed E-state index contributed by atoms with van der Waals surface area (Å²) in [5.41, 5.74) is 1.90. The number of hydrogen-bond donors (Lipinski definition) is 0. The van der Waals surface area contributed by atoms with Crippen molar-refractivity contribution in [3.05, 3.63) is 41.8 Å². The largest absolute Gasteiger partial charge is 0.441 e. The highest BCUT2D eigenvalue weighted by Crippen LogP contribution is 2.28.